The SMILES string of the molecule is O=C[C@H](CCC1CNC(=O)C1)NC(=O)[C@H](CC1CCCCC1)NC(=O)c1ccc2ccccc2n1. The lowest BCUT2D eigenvalue weighted by Crippen LogP contribution is -2.51. The molecule has 1 unspecified atom stereocenters. The predicted molar refractivity (Wildman–Crippen MR) is 133 cm³/mol. The second kappa shape index (κ2) is 11.9. The van der Waals surface area contributed by atoms with E-state index < -0.39 is 18.0 Å². The molecule has 8 heteroatoms. The van der Waals surface area contributed by atoms with E-state index in [1.807, 2.05) is 30.3 Å². The molecule has 1 aromatic carbocycles. The van der Waals surface area contributed by atoms with Gasteiger partial charge < -0.3 is 20.7 Å². The minimum absolute atomic E-state index is 0.0271. The summed E-state index contributed by atoms with van der Waals surface area (Å²) in [6.07, 6.45) is 8.40. The van der Waals surface area contributed by atoms with E-state index in [0.717, 1.165) is 37.4 Å². The second-order valence-corrected chi connectivity index (χ2v) is 9.86. The minimum atomic E-state index is -0.740. The van der Waals surface area contributed by atoms with Gasteiger partial charge in [-0.15, -0.1) is 0 Å². The minimum Gasteiger partial charge on any atom is -0.356 e. The summed E-state index contributed by atoms with van der Waals surface area (Å²) in [6, 6.07) is 9.68. The average molecular weight is 479 g/mol. The van der Waals surface area contributed by atoms with Gasteiger partial charge in [0.1, 0.15) is 18.0 Å². The van der Waals surface area contributed by atoms with Gasteiger partial charge in [-0.2, -0.15) is 0 Å². The summed E-state index contributed by atoms with van der Waals surface area (Å²) in [5, 5.41) is 9.46. The highest BCUT2D eigenvalue weighted by Gasteiger charge is 2.29. The highest BCUT2D eigenvalue weighted by atomic mass is 16.2. The van der Waals surface area contributed by atoms with Crippen LogP contribution >= 0.6 is 0 Å². The molecular weight excluding hydrogens is 444 g/mol. The van der Waals surface area contributed by atoms with Gasteiger partial charge in [0.2, 0.25) is 11.8 Å². The smallest absolute Gasteiger partial charge is 0.270 e. The van der Waals surface area contributed by atoms with Crippen molar-refractivity contribution >= 4 is 34.9 Å². The first kappa shape index (κ1) is 24.8. The Morgan fingerprint density at radius 1 is 1.06 bits per heavy atom. The Morgan fingerprint density at radius 3 is 2.60 bits per heavy atom. The molecule has 2 aromatic rings. The number of pyridine rings is 1. The summed E-state index contributed by atoms with van der Waals surface area (Å²) in [5.41, 5.74) is 0.977. The van der Waals surface area contributed by atoms with Gasteiger partial charge in [0.15, 0.2) is 0 Å². The van der Waals surface area contributed by atoms with E-state index in [9.17, 15) is 19.2 Å². The van der Waals surface area contributed by atoms with Crippen LogP contribution in [0.5, 0.6) is 0 Å². The maximum Gasteiger partial charge on any atom is 0.270 e. The summed E-state index contributed by atoms with van der Waals surface area (Å²) in [6.45, 7) is 0.609. The van der Waals surface area contributed by atoms with Crippen molar-refractivity contribution in [2.24, 2.45) is 11.8 Å². The number of rotatable bonds is 10. The highest BCUT2D eigenvalue weighted by molar-refractivity contribution is 5.98. The molecule has 3 N–H and O–H groups in total. The van der Waals surface area contributed by atoms with E-state index in [4.69, 9.17) is 0 Å². The number of hydrogen-bond donors (Lipinski definition) is 3. The molecule has 8 nitrogen and oxygen atoms in total. The van der Waals surface area contributed by atoms with Gasteiger partial charge in [-0.1, -0.05) is 56.4 Å². The normalized spacial score (nSPS) is 20.1. The highest BCUT2D eigenvalue weighted by Crippen LogP contribution is 2.27. The van der Waals surface area contributed by atoms with Crippen molar-refractivity contribution in [3.05, 3.63) is 42.1 Å². The molecule has 3 atom stereocenters. The molecule has 2 fully saturated rings. The molecule has 3 amide bonds. The fourth-order valence-electron chi connectivity index (χ4n) is 5.15. The first-order chi connectivity index (χ1) is 17.0. The summed E-state index contributed by atoms with van der Waals surface area (Å²) in [5.74, 6) is -0.181. The number of aromatic nitrogens is 1. The van der Waals surface area contributed by atoms with Gasteiger partial charge in [-0.3, -0.25) is 14.4 Å². The molecule has 1 aliphatic heterocycles. The van der Waals surface area contributed by atoms with E-state index in [0.29, 0.717) is 43.7 Å². The number of aldehydes is 1. The third-order valence-corrected chi connectivity index (χ3v) is 7.19. The van der Waals surface area contributed by atoms with Gasteiger partial charge in [-0.25, -0.2) is 4.98 Å². The molecule has 35 heavy (non-hydrogen) atoms. The zero-order valence-electron chi connectivity index (χ0n) is 20.0. The van der Waals surface area contributed by atoms with Crippen LogP contribution < -0.4 is 16.0 Å². The molecule has 4 rings (SSSR count). The Labute approximate surface area is 205 Å². The number of hydrogen-bond acceptors (Lipinski definition) is 5. The zero-order chi connectivity index (χ0) is 24.6. The van der Waals surface area contributed by atoms with Crippen molar-refractivity contribution < 1.29 is 19.2 Å². The van der Waals surface area contributed by atoms with Crippen molar-refractivity contribution in [3.8, 4) is 0 Å². The number of nitrogens with zero attached hydrogens (tertiary/aromatic N) is 1. The number of para-hydroxylation sites is 1. The monoisotopic (exact) mass is 478 g/mol. The van der Waals surface area contributed by atoms with E-state index in [1.54, 1.807) is 6.07 Å². The number of nitrogens with one attached hydrogen (secondary N) is 3. The lowest BCUT2D eigenvalue weighted by Gasteiger charge is -2.27. The molecular formula is C27H34N4O4. The quantitative estimate of drug-likeness (QED) is 0.454. The average Bonchev–Trinajstić information content (AvgIpc) is 3.31. The lowest BCUT2D eigenvalue weighted by molar-refractivity contribution is -0.126. The number of fused-ring (bicyclic) bond motifs is 1. The standard InChI is InChI=1S/C27H34N4O4/c32-17-21(12-10-19-15-25(33)28-16-19)29-27(35)24(14-18-6-2-1-3-7-18)31-26(34)23-13-11-20-8-4-5-9-22(20)30-23/h4-5,8-9,11,13,17-19,21,24H,1-3,6-7,10,12,14-16H2,(H,28,33)(H,29,35)(H,31,34)/t19?,21-,24-/m0/s1. The molecule has 0 bridgehead atoms. The lowest BCUT2D eigenvalue weighted by atomic mass is 9.84. The summed E-state index contributed by atoms with van der Waals surface area (Å²) >= 11 is 0. The fourth-order valence-corrected chi connectivity index (χ4v) is 5.15. The van der Waals surface area contributed by atoms with Crippen LogP contribution in [-0.2, 0) is 14.4 Å². The predicted octanol–water partition coefficient (Wildman–Crippen LogP) is 2.90. The Bertz CT molecular complexity index is 1070. The van der Waals surface area contributed by atoms with Crippen LogP contribution in [0.15, 0.2) is 36.4 Å². The Balaban J connectivity index is 1.42. The van der Waals surface area contributed by atoms with Gasteiger partial charge in [0.25, 0.3) is 5.91 Å². The van der Waals surface area contributed by atoms with Gasteiger partial charge in [-0.05, 0) is 43.2 Å². The number of amides is 3. The van der Waals surface area contributed by atoms with Crippen LogP contribution in [-0.4, -0.2) is 47.6 Å². The molecule has 0 spiro atoms. The van der Waals surface area contributed by atoms with Crippen molar-refractivity contribution in [2.45, 2.75) is 69.9 Å². The molecule has 2 aliphatic rings. The van der Waals surface area contributed by atoms with Crippen molar-refractivity contribution in [2.75, 3.05) is 6.54 Å². The fraction of sp³-hybridized carbons (Fsp3) is 0.519. The first-order valence-corrected chi connectivity index (χ1v) is 12.7. The second-order valence-electron chi connectivity index (χ2n) is 9.86. The van der Waals surface area contributed by atoms with Crippen LogP contribution in [0.25, 0.3) is 10.9 Å². The molecule has 2 heterocycles. The van der Waals surface area contributed by atoms with Crippen molar-refractivity contribution in [1.29, 1.82) is 0 Å². The third kappa shape index (κ3) is 6.87. The Hall–Kier alpha value is -3.29. The number of carbonyl (C=O) groups is 4. The van der Waals surface area contributed by atoms with Crippen LogP contribution in [0, 0.1) is 11.8 Å². The Morgan fingerprint density at radius 2 is 1.86 bits per heavy atom. The van der Waals surface area contributed by atoms with Gasteiger partial charge >= 0.3 is 0 Å². The van der Waals surface area contributed by atoms with E-state index in [1.165, 1.54) is 6.42 Å². The maximum absolute atomic E-state index is 13.2. The summed E-state index contributed by atoms with van der Waals surface area (Å²) in [7, 11) is 0. The summed E-state index contributed by atoms with van der Waals surface area (Å²) in [4.78, 5) is 53.9. The van der Waals surface area contributed by atoms with E-state index in [2.05, 4.69) is 20.9 Å². The van der Waals surface area contributed by atoms with Gasteiger partial charge in [0, 0.05) is 18.4 Å². The van der Waals surface area contributed by atoms with Crippen LogP contribution in [0.3, 0.4) is 0 Å². The van der Waals surface area contributed by atoms with Gasteiger partial charge in [0.05, 0.1) is 11.6 Å². The van der Waals surface area contributed by atoms with E-state index in [-0.39, 0.29) is 23.4 Å². The van der Waals surface area contributed by atoms with Crippen molar-refractivity contribution in [1.82, 2.24) is 20.9 Å². The molecule has 1 aliphatic carbocycles. The largest absolute Gasteiger partial charge is 0.356 e. The topological polar surface area (TPSA) is 117 Å². The van der Waals surface area contributed by atoms with Crippen LogP contribution in [0.4, 0.5) is 0 Å². The molecule has 0 radical (unpaired) electrons. The molecule has 1 saturated heterocycles. The molecule has 1 aromatic heterocycles. The molecule has 186 valence electrons. The zero-order valence-corrected chi connectivity index (χ0v) is 20.0. The Kier molecular flexibility index (Phi) is 8.45. The van der Waals surface area contributed by atoms with Crippen molar-refractivity contribution in [3.63, 3.8) is 0 Å². The third-order valence-electron chi connectivity index (χ3n) is 7.19. The maximum atomic E-state index is 13.2. The summed E-state index contributed by atoms with van der Waals surface area (Å²) < 4.78 is 0. The number of benzene rings is 1. The van der Waals surface area contributed by atoms with E-state index >= 15 is 0 Å². The number of carbonyl (C=O) groups excluding carboxylic acids is 4. The first-order valence-electron chi connectivity index (χ1n) is 12.7. The van der Waals surface area contributed by atoms with Crippen LogP contribution in [0.2, 0.25) is 0 Å². The van der Waals surface area contributed by atoms with Crippen LogP contribution in [0.1, 0.15) is 68.3 Å². The molecule has 1 saturated carbocycles.